The predicted molar refractivity (Wildman–Crippen MR) is 98.7 cm³/mol. The number of phenolic OH excluding ortho intramolecular Hbond substituents is 1. The van der Waals surface area contributed by atoms with Gasteiger partial charge in [0.05, 0.1) is 11.0 Å². The monoisotopic (exact) mass is 344 g/mol. The highest BCUT2D eigenvalue weighted by molar-refractivity contribution is 6.30. The van der Waals surface area contributed by atoms with Crippen molar-refractivity contribution in [1.29, 1.82) is 0 Å². The Balaban J connectivity index is 1.55. The minimum Gasteiger partial charge on any atom is -0.508 e. The zero-order chi connectivity index (χ0) is 16.9. The number of anilines is 1. The number of phenols is 1. The topological polar surface area (TPSA) is 64.2 Å². The lowest BCUT2D eigenvalue weighted by molar-refractivity contribution is 0.286. The average Bonchev–Trinajstić information content (AvgIpc) is 2.98. The number of aromatic amines is 1. The Morgan fingerprint density at radius 2 is 2.08 bits per heavy atom. The molecule has 6 heteroatoms. The van der Waals surface area contributed by atoms with E-state index in [1.807, 2.05) is 30.3 Å². The van der Waals surface area contributed by atoms with Gasteiger partial charge in [-0.3, -0.25) is 4.90 Å². The van der Waals surface area contributed by atoms with Crippen molar-refractivity contribution in [2.24, 2.45) is 0 Å². The summed E-state index contributed by atoms with van der Waals surface area (Å²) in [6.45, 7) is 5.29. The molecule has 0 aliphatic heterocycles. The normalized spacial score (nSPS) is 11.3. The molecule has 0 spiro atoms. The quantitative estimate of drug-likeness (QED) is 0.609. The molecule has 0 atom stereocenters. The van der Waals surface area contributed by atoms with Crippen LogP contribution in [0, 0.1) is 0 Å². The SMILES string of the molecule is CCN(CCNc1nc2ccccc2[nH]1)Cc1ccc(Cl)cc1O. The minimum atomic E-state index is 0.242. The van der Waals surface area contributed by atoms with Gasteiger partial charge in [-0.1, -0.05) is 36.7 Å². The molecule has 0 amide bonds. The molecule has 1 heterocycles. The zero-order valence-corrected chi connectivity index (χ0v) is 14.3. The largest absolute Gasteiger partial charge is 0.508 e. The first-order chi connectivity index (χ1) is 11.7. The van der Waals surface area contributed by atoms with E-state index in [0.717, 1.165) is 42.2 Å². The van der Waals surface area contributed by atoms with Crippen LogP contribution < -0.4 is 5.32 Å². The molecule has 2 aromatic carbocycles. The van der Waals surface area contributed by atoms with Crippen LogP contribution in [0.15, 0.2) is 42.5 Å². The Labute approximate surface area is 146 Å². The number of nitrogens with one attached hydrogen (secondary N) is 2. The summed E-state index contributed by atoms with van der Waals surface area (Å²) in [5.74, 6) is 1.02. The van der Waals surface area contributed by atoms with Crippen molar-refractivity contribution < 1.29 is 5.11 Å². The molecule has 0 bridgehead atoms. The molecule has 5 nitrogen and oxygen atoms in total. The number of imidazole rings is 1. The van der Waals surface area contributed by atoms with Crippen LogP contribution in [-0.2, 0) is 6.54 Å². The minimum absolute atomic E-state index is 0.242. The smallest absolute Gasteiger partial charge is 0.201 e. The Hall–Kier alpha value is -2.24. The third kappa shape index (κ3) is 3.99. The molecule has 0 unspecified atom stereocenters. The van der Waals surface area contributed by atoms with E-state index >= 15 is 0 Å². The van der Waals surface area contributed by atoms with Gasteiger partial charge in [0.25, 0.3) is 0 Å². The third-order valence-electron chi connectivity index (χ3n) is 4.00. The van der Waals surface area contributed by atoms with Crippen LogP contribution in [0.4, 0.5) is 5.95 Å². The van der Waals surface area contributed by atoms with Crippen LogP contribution in [0.3, 0.4) is 0 Å². The molecule has 0 fully saturated rings. The number of likely N-dealkylation sites (N-methyl/N-ethyl adjacent to an activating group) is 1. The van der Waals surface area contributed by atoms with Gasteiger partial charge in [0.2, 0.25) is 5.95 Å². The van der Waals surface area contributed by atoms with Crippen molar-refractivity contribution in [3.8, 4) is 5.75 Å². The van der Waals surface area contributed by atoms with Gasteiger partial charge >= 0.3 is 0 Å². The number of aromatic nitrogens is 2. The van der Waals surface area contributed by atoms with Crippen LogP contribution in [0.2, 0.25) is 5.02 Å². The van der Waals surface area contributed by atoms with Crippen molar-refractivity contribution in [2.45, 2.75) is 13.5 Å². The summed E-state index contributed by atoms with van der Waals surface area (Å²) >= 11 is 5.88. The van der Waals surface area contributed by atoms with Gasteiger partial charge in [-0.25, -0.2) is 4.98 Å². The number of halogens is 1. The summed E-state index contributed by atoms with van der Waals surface area (Å²) < 4.78 is 0. The van der Waals surface area contributed by atoms with Crippen LogP contribution in [0.5, 0.6) is 5.75 Å². The molecule has 0 saturated carbocycles. The number of nitrogens with zero attached hydrogens (tertiary/aromatic N) is 2. The van der Waals surface area contributed by atoms with Crippen molar-refractivity contribution >= 4 is 28.6 Å². The first-order valence-electron chi connectivity index (χ1n) is 8.04. The van der Waals surface area contributed by atoms with Gasteiger partial charge in [-0.2, -0.15) is 0 Å². The third-order valence-corrected chi connectivity index (χ3v) is 4.23. The maximum atomic E-state index is 9.98. The van der Waals surface area contributed by atoms with E-state index in [1.54, 1.807) is 12.1 Å². The lowest BCUT2D eigenvalue weighted by atomic mass is 10.2. The number of aromatic hydroxyl groups is 1. The standard InChI is InChI=1S/C18H21ClN4O/c1-2-23(12-13-7-8-14(19)11-17(13)24)10-9-20-18-21-15-5-3-4-6-16(15)22-18/h3-8,11,24H,2,9-10,12H2,1H3,(H2,20,21,22). The number of rotatable bonds is 7. The summed E-state index contributed by atoms with van der Waals surface area (Å²) in [6.07, 6.45) is 0. The number of hydrogen-bond acceptors (Lipinski definition) is 4. The summed E-state index contributed by atoms with van der Waals surface area (Å²) in [6, 6.07) is 13.2. The second-order valence-corrected chi connectivity index (χ2v) is 6.11. The second kappa shape index (κ2) is 7.55. The van der Waals surface area contributed by atoms with Crippen LogP contribution >= 0.6 is 11.6 Å². The van der Waals surface area contributed by atoms with Crippen LogP contribution in [0.25, 0.3) is 11.0 Å². The molecule has 0 aliphatic carbocycles. The van der Waals surface area contributed by atoms with Crippen molar-refractivity contribution in [2.75, 3.05) is 25.0 Å². The van der Waals surface area contributed by atoms with E-state index in [9.17, 15) is 5.11 Å². The lowest BCUT2D eigenvalue weighted by Crippen LogP contribution is -2.28. The maximum absolute atomic E-state index is 9.98. The van der Waals surface area contributed by atoms with E-state index in [-0.39, 0.29) is 5.75 Å². The summed E-state index contributed by atoms with van der Waals surface area (Å²) in [7, 11) is 0. The summed E-state index contributed by atoms with van der Waals surface area (Å²) in [5.41, 5.74) is 2.86. The van der Waals surface area contributed by atoms with Gasteiger partial charge in [0, 0.05) is 30.2 Å². The van der Waals surface area contributed by atoms with Crippen molar-refractivity contribution in [1.82, 2.24) is 14.9 Å². The van der Waals surface area contributed by atoms with E-state index in [4.69, 9.17) is 11.6 Å². The van der Waals surface area contributed by atoms with E-state index in [2.05, 4.69) is 27.1 Å². The maximum Gasteiger partial charge on any atom is 0.201 e. The van der Waals surface area contributed by atoms with E-state index < -0.39 is 0 Å². The van der Waals surface area contributed by atoms with Gasteiger partial charge in [-0.15, -0.1) is 0 Å². The van der Waals surface area contributed by atoms with Crippen molar-refractivity contribution in [3.05, 3.63) is 53.1 Å². The molecule has 126 valence electrons. The zero-order valence-electron chi connectivity index (χ0n) is 13.6. The predicted octanol–water partition coefficient (Wildman–Crippen LogP) is 3.86. The Kier molecular flexibility index (Phi) is 5.23. The molecular weight excluding hydrogens is 324 g/mol. The van der Waals surface area contributed by atoms with E-state index in [1.165, 1.54) is 0 Å². The van der Waals surface area contributed by atoms with Gasteiger partial charge < -0.3 is 15.4 Å². The van der Waals surface area contributed by atoms with Gasteiger partial charge in [0.1, 0.15) is 5.75 Å². The fourth-order valence-electron chi connectivity index (χ4n) is 2.63. The first kappa shape index (κ1) is 16.6. The first-order valence-corrected chi connectivity index (χ1v) is 8.42. The Morgan fingerprint density at radius 3 is 2.83 bits per heavy atom. The lowest BCUT2D eigenvalue weighted by Gasteiger charge is -2.21. The average molecular weight is 345 g/mol. The molecule has 0 aliphatic rings. The molecule has 3 aromatic rings. The number of H-pyrrole nitrogens is 1. The fraction of sp³-hybridized carbons (Fsp3) is 0.278. The molecule has 0 saturated heterocycles. The second-order valence-electron chi connectivity index (χ2n) is 5.67. The van der Waals surface area contributed by atoms with Crippen molar-refractivity contribution in [3.63, 3.8) is 0 Å². The highest BCUT2D eigenvalue weighted by atomic mass is 35.5. The summed E-state index contributed by atoms with van der Waals surface area (Å²) in [4.78, 5) is 10.0. The highest BCUT2D eigenvalue weighted by Gasteiger charge is 2.08. The molecule has 24 heavy (non-hydrogen) atoms. The van der Waals surface area contributed by atoms with Gasteiger partial charge in [-0.05, 0) is 30.8 Å². The van der Waals surface area contributed by atoms with Crippen LogP contribution in [-0.4, -0.2) is 39.6 Å². The number of benzene rings is 2. The molecular formula is C18H21ClN4O. The van der Waals surface area contributed by atoms with E-state index in [0.29, 0.717) is 11.6 Å². The molecule has 3 rings (SSSR count). The Bertz CT molecular complexity index is 785. The Morgan fingerprint density at radius 1 is 1.25 bits per heavy atom. The molecule has 0 radical (unpaired) electrons. The number of hydrogen-bond donors (Lipinski definition) is 3. The molecule has 3 N–H and O–H groups in total. The number of para-hydroxylation sites is 2. The fourth-order valence-corrected chi connectivity index (χ4v) is 2.80. The van der Waals surface area contributed by atoms with Gasteiger partial charge in [0.15, 0.2) is 0 Å². The number of fused-ring (bicyclic) bond motifs is 1. The molecule has 1 aromatic heterocycles. The highest BCUT2D eigenvalue weighted by Crippen LogP contribution is 2.23. The summed E-state index contributed by atoms with van der Waals surface area (Å²) in [5, 5.41) is 13.8. The van der Waals surface area contributed by atoms with Crippen LogP contribution in [0.1, 0.15) is 12.5 Å².